The Morgan fingerprint density at radius 1 is 1.08 bits per heavy atom. The van der Waals surface area contributed by atoms with Crippen LogP contribution in [0.3, 0.4) is 0 Å². The summed E-state index contributed by atoms with van der Waals surface area (Å²) in [6.45, 7) is 6.05. The maximum Gasteiger partial charge on any atom is 0.344 e. The summed E-state index contributed by atoms with van der Waals surface area (Å²) >= 11 is 0. The lowest BCUT2D eigenvalue weighted by atomic mass is 9.95. The second-order valence-electron chi connectivity index (χ2n) is 5.88. The van der Waals surface area contributed by atoms with Gasteiger partial charge in [0.25, 0.3) is 0 Å². The molecule has 134 valence electrons. The Labute approximate surface area is 147 Å². The van der Waals surface area contributed by atoms with Gasteiger partial charge in [0.15, 0.2) is 6.10 Å². The van der Waals surface area contributed by atoms with Gasteiger partial charge < -0.3 is 19.7 Å². The van der Waals surface area contributed by atoms with Crippen molar-refractivity contribution >= 4 is 5.97 Å². The monoisotopic (exact) mass is 344 g/mol. The van der Waals surface area contributed by atoms with E-state index in [0.29, 0.717) is 12.2 Å². The van der Waals surface area contributed by atoms with Crippen LogP contribution in [0.2, 0.25) is 0 Å². The van der Waals surface area contributed by atoms with E-state index in [9.17, 15) is 4.79 Å². The smallest absolute Gasteiger partial charge is 0.344 e. The number of carbonyl (C=O) groups is 1. The molecule has 0 aliphatic carbocycles. The number of carboxylic acids is 1. The summed E-state index contributed by atoms with van der Waals surface area (Å²) < 4.78 is 11.0. The molecular formula is C20H24O5. The molecule has 0 aliphatic rings. The number of aliphatic hydroxyl groups excluding tert-OH is 1. The van der Waals surface area contributed by atoms with Crippen molar-refractivity contribution in [3.05, 3.63) is 47.5 Å². The summed E-state index contributed by atoms with van der Waals surface area (Å²) in [4.78, 5) is 11.1. The number of hydrogen-bond acceptors (Lipinski definition) is 4. The molecule has 0 amide bonds. The van der Waals surface area contributed by atoms with Crippen molar-refractivity contribution in [3.63, 3.8) is 0 Å². The van der Waals surface area contributed by atoms with E-state index in [1.807, 2.05) is 38.1 Å². The third-order valence-corrected chi connectivity index (χ3v) is 3.93. The van der Waals surface area contributed by atoms with Crippen LogP contribution in [-0.4, -0.2) is 35.5 Å². The number of rotatable bonds is 8. The second kappa shape index (κ2) is 8.53. The quantitative estimate of drug-likeness (QED) is 0.765. The first-order chi connectivity index (χ1) is 12.0. The topological polar surface area (TPSA) is 76.0 Å². The minimum Gasteiger partial charge on any atom is -0.491 e. The minimum atomic E-state index is -0.961. The number of aliphatic carboxylic acids is 1. The molecule has 0 fully saturated rings. The van der Waals surface area contributed by atoms with Crippen molar-refractivity contribution in [2.45, 2.75) is 33.3 Å². The van der Waals surface area contributed by atoms with E-state index in [1.165, 1.54) is 0 Å². The van der Waals surface area contributed by atoms with Gasteiger partial charge in [0, 0.05) is 0 Å². The van der Waals surface area contributed by atoms with Crippen LogP contribution >= 0.6 is 0 Å². The van der Waals surface area contributed by atoms with Crippen molar-refractivity contribution in [3.8, 4) is 22.6 Å². The zero-order valence-corrected chi connectivity index (χ0v) is 14.8. The van der Waals surface area contributed by atoms with Crippen LogP contribution in [0, 0.1) is 13.8 Å². The SMILES string of the molecule is CCC(Oc1ccc(-c2c(C)cc(OCCO)cc2C)cc1)C(=O)O. The van der Waals surface area contributed by atoms with Gasteiger partial charge in [-0.05, 0) is 66.8 Å². The fraction of sp³-hybridized carbons (Fsp3) is 0.350. The molecule has 1 unspecified atom stereocenters. The highest BCUT2D eigenvalue weighted by molar-refractivity contribution is 5.74. The van der Waals surface area contributed by atoms with Gasteiger partial charge in [-0.1, -0.05) is 19.1 Å². The van der Waals surface area contributed by atoms with Gasteiger partial charge in [-0.2, -0.15) is 0 Å². The Kier molecular flexibility index (Phi) is 6.42. The number of hydrogen-bond donors (Lipinski definition) is 2. The number of ether oxygens (including phenoxy) is 2. The second-order valence-corrected chi connectivity index (χ2v) is 5.88. The van der Waals surface area contributed by atoms with Crippen molar-refractivity contribution < 1.29 is 24.5 Å². The van der Waals surface area contributed by atoms with Gasteiger partial charge in [0.2, 0.25) is 0 Å². The molecule has 2 aromatic carbocycles. The highest BCUT2D eigenvalue weighted by Gasteiger charge is 2.17. The summed E-state index contributed by atoms with van der Waals surface area (Å²) in [5.41, 5.74) is 4.27. The zero-order chi connectivity index (χ0) is 18.4. The number of aliphatic hydroxyl groups is 1. The molecule has 0 aliphatic heterocycles. The fourth-order valence-electron chi connectivity index (χ4n) is 2.80. The first kappa shape index (κ1) is 18.8. The van der Waals surface area contributed by atoms with E-state index in [4.69, 9.17) is 19.7 Å². The predicted molar refractivity (Wildman–Crippen MR) is 96.3 cm³/mol. The van der Waals surface area contributed by atoms with E-state index in [2.05, 4.69) is 0 Å². The van der Waals surface area contributed by atoms with Gasteiger partial charge in [-0.3, -0.25) is 0 Å². The minimum absolute atomic E-state index is 0.0175. The van der Waals surface area contributed by atoms with Crippen LogP contribution < -0.4 is 9.47 Å². The summed E-state index contributed by atoms with van der Waals surface area (Å²) in [6.07, 6.45) is -0.429. The summed E-state index contributed by atoms with van der Waals surface area (Å²) in [6, 6.07) is 11.3. The van der Waals surface area contributed by atoms with E-state index in [0.717, 1.165) is 28.0 Å². The summed E-state index contributed by atoms with van der Waals surface area (Å²) in [7, 11) is 0. The Bertz CT molecular complexity index is 698. The zero-order valence-electron chi connectivity index (χ0n) is 14.8. The van der Waals surface area contributed by atoms with Crippen molar-refractivity contribution in [2.75, 3.05) is 13.2 Å². The van der Waals surface area contributed by atoms with Gasteiger partial charge >= 0.3 is 5.97 Å². The van der Waals surface area contributed by atoms with Crippen LogP contribution in [0.15, 0.2) is 36.4 Å². The molecule has 5 heteroatoms. The largest absolute Gasteiger partial charge is 0.491 e. The maximum absolute atomic E-state index is 11.1. The Balaban J connectivity index is 2.23. The number of carboxylic acid groups (broad SMARTS) is 1. The average molecular weight is 344 g/mol. The predicted octanol–water partition coefficient (Wildman–Crippen LogP) is 3.58. The van der Waals surface area contributed by atoms with E-state index in [-0.39, 0.29) is 13.2 Å². The molecule has 0 spiro atoms. The molecule has 0 saturated heterocycles. The molecule has 2 aromatic rings. The molecular weight excluding hydrogens is 320 g/mol. The van der Waals surface area contributed by atoms with Crippen LogP contribution in [0.4, 0.5) is 0 Å². The number of benzene rings is 2. The highest BCUT2D eigenvalue weighted by Crippen LogP contribution is 2.32. The molecule has 5 nitrogen and oxygen atoms in total. The van der Waals surface area contributed by atoms with Crippen molar-refractivity contribution in [2.24, 2.45) is 0 Å². The van der Waals surface area contributed by atoms with Crippen LogP contribution in [0.5, 0.6) is 11.5 Å². The van der Waals surface area contributed by atoms with Gasteiger partial charge in [0.1, 0.15) is 18.1 Å². The van der Waals surface area contributed by atoms with Gasteiger partial charge in [0.05, 0.1) is 6.61 Å². The third-order valence-electron chi connectivity index (χ3n) is 3.93. The first-order valence-electron chi connectivity index (χ1n) is 8.31. The van der Waals surface area contributed by atoms with Gasteiger partial charge in [-0.25, -0.2) is 4.79 Å². The summed E-state index contributed by atoms with van der Waals surface area (Å²) in [5, 5.41) is 17.9. The molecule has 25 heavy (non-hydrogen) atoms. The van der Waals surface area contributed by atoms with E-state index < -0.39 is 12.1 Å². The van der Waals surface area contributed by atoms with Crippen molar-refractivity contribution in [1.82, 2.24) is 0 Å². The third kappa shape index (κ3) is 4.73. The maximum atomic E-state index is 11.1. The van der Waals surface area contributed by atoms with Crippen LogP contribution in [0.25, 0.3) is 11.1 Å². The standard InChI is InChI=1S/C20H24O5/c1-4-18(20(22)23)25-16-7-5-15(6-8-16)19-13(2)11-17(12-14(19)3)24-10-9-21/h5-8,11-12,18,21H,4,9-10H2,1-3H3,(H,22,23). The summed E-state index contributed by atoms with van der Waals surface area (Å²) in [5.74, 6) is 0.313. The average Bonchev–Trinajstić information content (AvgIpc) is 2.58. The molecule has 2 N–H and O–H groups in total. The fourth-order valence-corrected chi connectivity index (χ4v) is 2.80. The Hall–Kier alpha value is -2.53. The lowest BCUT2D eigenvalue weighted by molar-refractivity contribution is -0.145. The molecule has 0 heterocycles. The number of aryl methyl sites for hydroxylation is 2. The van der Waals surface area contributed by atoms with Crippen LogP contribution in [-0.2, 0) is 4.79 Å². The molecule has 0 saturated carbocycles. The lowest BCUT2D eigenvalue weighted by Crippen LogP contribution is -2.25. The van der Waals surface area contributed by atoms with Gasteiger partial charge in [-0.15, -0.1) is 0 Å². The first-order valence-corrected chi connectivity index (χ1v) is 8.31. The lowest BCUT2D eigenvalue weighted by Gasteiger charge is -2.15. The molecule has 0 radical (unpaired) electrons. The van der Waals surface area contributed by atoms with E-state index >= 15 is 0 Å². The van der Waals surface area contributed by atoms with E-state index in [1.54, 1.807) is 19.1 Å². The van der Waals surface area contributed by atoms with Crippen LogP contribution in [0.1, 0.15) is 24.5 Å². The Morgan fingerprint density at radius 3 is 2.16 bits per heavy atom. The molecule has 0 bridgehead atoms. The molecule has 1 atom stereocenters. The highest BCUT2D eigenvalue weighted by atomic mass is 16.5. The normalized spacial score (nSPS) is 11.8. The van der Waals surface area contributed by atoms with Crippen molar-refractivity contribution in [1.29, 1.82) is 0 Å². The molecule has 2 rings (SSSR count). The Morgan fingerprint density at radius 2 is 1.68 bits per heavy atom. The molecule has 0 aromatic heterocycles.